The highest BCUT2D eigenvalue weighted by atomic mass is 16.5. The Morgan fingerprint density at radius 2 is 1.84 bits per heavy atom. The van der Waals surface area contributed by atoms with Crippen molar-refractivity contribution in [1.29, 1.82) is 0 Å². The van der Waals surface area contributed by atoms with E-state index in [1.54, 1.807) is 54.6 Å². The fourth-order valence-corrected chi connectivity index (χ4v) is 2.89. The first kappa shape index (κ1) is 21.9. The van der Waals surface area contributed by atoms with Gasteiger partial charge in [-0.3, -0.25) is 9.59 Å². The Kier molecular flexibility index (Phi) is 6.92. The molecule has 0 aromatic heterocycles. The number of anilines is 1. The summed E-state index contributed by atoms with van der Waals surface area (Å²) in [6.07, 6.45) is 1.56. The van der Waals surface area contributed by atoms with Crippen molar-refractivity contribution in [2.45, 2.75) is 13.8 Å². The molecule has 4 amide bonds. The molecule has 0 bridgehead atoms. The maximum atomic E-state index is 12.6. The average Bonchev–Trinajstić information content (AvgIpc) is 3.01. The Hall–Kier alpha value is -3.81. The van der Waals surface area contributed by atoms with Gasteiger partial charge in [-0.2, -0.15) is 0 Å². The number of ether oxygens (including phenoxy) is 2. The molecule has 0 radical (unpaired) electrons. The Morgan fingerprint density at radius 3 is 2.52 bits per heavy atom. The second-order valence-electron chi connectivity index (χ2n) is 7.40. The molecule has 1 fully saturated rings. The van der Waals surface area contributed by atoms with E-state index in [9.17, 15) is 14.4 Å². The Balaban J connectivity index is 1.64. The Labute approximate surface area is 180 Å². The molecule has 8 nitrogen and oxygen atoms in total. The summed E-state index contributed by atoms with van der Waals surface area (Å²) < 4.78 is 10.8. The van der Waals surface area contributed by atoms with E-state index in [0.717, 1.165) is 16.2 Å². The van der Waals surface area contributed by atoms with E-state index in [1.165, 1.54) is 7.11 Å². The summed E-state index contributed by atoms with van der Waals surface area (Å²) in [4.78, 5) is 38.1. The summed E-state index contributed by atoms with van der Waals surface area (Å²) in [5.41, 5.74) is 1.28. The van der Waals surface area contributed by atoms with Gasteiger partial charge in [-0.1, -0.05) is 38.1 Å². The van der Waals surface area contributed by atoms with Crippen LogP contribution in [0.25, 0.3) is 6.08 Å². The predicted molar refractivity (Wildman–Crippen MR) is 117 cm³/mol. The standard InChI is InChI=1S/C23H25N3O5/c1-15(2)14-31-17-10-8-16(9-11-17)12-19-22(28)26(23(29)25-19)13-21(27)24-18-6-4-5-7-20(18)30-3/h4-12,15H,13-14H2,1-3H3,(H,24,27)(H,25,29)/b19-12+. The minimum absolute atomic E-state index is 0.103. The van der Waals surface area contributed by atoms with Crippen LogP contribution in [0.4, 0.5) is 10.5 Å². The molecule has 0 spiro atoms. The minimum Gasteiger partial charge on any atom is -0.495 e. The van der Waals surface area contributed by atoms with E-state index in [-0.39, 0.29) is 5.70 Å². The number of benzene rings is 2. The Bertz CT molecular complexity index is 999. The van der Waals surface area contributed by atoms with Crippen LogP contribution in [-0.4, -0.2) is 43.0 Å². The van der Waals surface area contributed by atoms with Gasteiger partial charge in [0.1, 0.15) is 23.7 Å². The number of carbonyl (C=O) groups is 3. The van der Waals surface area contributed by atoms with Gasteiger partial charge in [0.15, 0.2) is 0 Å². The zero-order valence-corrected chi connectivity index (χ0v) is 17.7. The van der Waals surface area contributed by atoms with E-state index < -0.39 is 24.4 Å². The number of hydrogen-bond acceptors (Lipinski definition) is 5. The van der Waals surface area contributed by atoms with Crippen LogP contribution in [0, 0.1) is 5.92 Å². The van der Waals surface area contributed by atoms with Crippen molar-refractivity contribution in [3.05, 3.63) is 59.8 Å². The molecule has 3 rings (SSSR count). The Morgan fingerprint density at radius 1 is 1.13 bits per heavy atom. The first-order valence-corrected chi connectivity index (χ1v) is 9.87. The highest BCUT2D eigenvalue weighted by Gasteiger charge is 2.35. The highest BCUT2D eigenvalue weighted by molar-refractivity contribution is 6.16. The van der Waals surface area contributed by atoms with E-state index >= 15 is 0 Å². The monoisotopic (exact) mass is 423 g/mol. The molecule has 31 heavy (non-hydrogen) atoms. The molecular formula is C23H25N3O5. The van der Waals surface area contributed by atoms with Crippen molar-refractivity contribution < 1.29 is 23.9 Å². The smallest absolute Gasteiger partial charge is 0.329 e. The third-order valence-electron chi connectivity index (χ3n) is 4.42. The lowest BCUT2D eigenvalue weighted by atomic mass is 10.2. The van der Waals surface area contributed by atoms with Crippen LogP contribution in [0.2, 0.25) is 0 Å². The zero-order chi connectivity index (χ0) is 22.4. The summed E-state index contributed by atoms with van der Waals surface area (Å²) in [6.45, 7) is 4.33. The maximum Gasteiger partial charge on any atom is 0.329 e. The number of hydrogen-bond donors (Lipinski definition) is 2. The fourth-order valence-electron chi connectivity index (χ4n) is 2.89. The van der Waals surface area contributed by atoms with E-state index in [1.807, 2.05) is 0 Å². The second kappa shape index (κ2) is 9.80. The quantitative estimate of drug-likeness (QED) is 0.502. The van der Waals surface area contributed by atoms with Gasteiger partial charge in [-0.25, -0.2) is 9.69 Å². The molecule has 162 valence electrons. The molecule has 1 saturated heterocycles. The molecule has 1 heterocycles. The van der Waals surface area contributed by atoms with E-state index in [2.05, 4.69) is 24.5 Å². The number of urea groups is 1. The predicted octanol–water partition coefficient (Wildman–Crippen LogP) is 3.26. The molecule has 2 N–H and O–H groups in total. The number of para-hydroxylation sites is 2. The van der Waals surface area contributed by atoms with Crippen LogP contribution in [0.1, 0.15) is 19.4 Å². The number of rotatable bonds is 8. The topological polar surface area (TPSA) is 97.0 Å². The summed E-state index contributed by atoms with van der Waals surface area (Å²) >= 11 is 0. The summed E-state index contributed by atoms with van der Waals surface area (Å²) in [5, 5.41) is 5.16. The number of methoxy groups -OCH3 is 1. The van der Waals surface area contributed by atoms with Gasteiger partial charge in [-0.15, -0.1) is 0 Å². The van der Waals surface area contributed by atoms with Crippen molar-refractivity contribution in [2.24, 2.45) is 5.92 Å². The normalized spacial score (nSPS) is 14.7. The molecule has 0 unspecified atom stereocenters. The number of imide groups is 1. The SMILES string of the molecule is COc1ccccc1NC(=O)CN1C(=O)N/C(=C/c2ccc(OCC(C)C)cc2)C1=O. The highest BCUT2D eigenvalue weighted by Crippen LogP contribution is 2.23. The molecule has 1 aliphatic rings. The fraction of sp³-hybridized carbons (Fsp3) is 0.261. The van der Waals surface area contributed by atoms with Gasteiger partial charge < -0.3 is 20.1 Å². The van der Waals surface area contributed by atoms with Crippen molar-refractivity contribution in [3.8, 4) is 11.5 Å². The third-order valence-corrected chi connectivity index (χ3v) is 4.42. The van der Waals surface area contributed by atoms with Crippen LogP contribution in [-0.2, 0) is 9.59 Å². The molecule has 2 aromatic rings. The minimum atomic E-state index is -0.650. The molecular weight excluding hydrogens is 398 g/mol. The van der Waals surface area contributed by atoms with Gasteiger partial charge in [0, 0.05) is 0 Å². The van der Waals surface area contributed by atoms with E-state index in [4.69, 9.17) is 9.47 Å². The van der Waals surface area contributed by atoms with Crippen molar-refractivity contribution in [1.82, 2.24) is 10.2 Å². The van der Waals surface area contributed by atoms with Crippen LogP contribution < -0.4 is 20.1 Å². The lowest BCUT2D eigenvalue weighted by Crippen LogP contribution is -2.38. The van der Waals surface area contributed by atoms with Crippen LogP contribution in [0.5, 0.6) is 11.5 Å². The lowest BCUT2D eigenvalue weighted by molar-refractivity contribution is -0.127. The summed E-state index contributed by atoms with van der Waals surface area (Å²) in [7, 11) is 1.49. The molecule has 0 atom stereocenters. The second-order valence-corrected chi connectivity index (χ2v) is 7.40. The van der Waals surface area contributed by atoms with Crippen LogP contribution >= 0.6 is 0 Å². The van der Waals surface area contributed by atoms with Gasteiger partial charge in [-0.05, 0) is 41.8 Å². The van der Waals surface area contributed by atoms with Gasteiger partial charge in [0.05, 0.1) is 19.4 Å². The number of nitrogens with one attached hydrogen (secondary N) is 2. The van der Waals surface area contributed by atoms with Crippen LogP contribution in [0.15, 0.2) is 54.2 Å². The van der Waals surface area contributed by atoms with Crippen LogP contribution in [0.3, 0.4) is 0 Å². The van der Waals surface area contributed by atoms with Gasteiger partial charge >= 0.3 is 6.03 Å². The first-order valence-electron chi connectivity index (χ1n) is 9.87. The number of nitrogens with zero attached hydrogens (tertiary/aromatic N) is 1. The maximum absolute atomic E-state index is 12.6. The van der Waals surface area contributed by atoms with Crippen molar-refractivity contribution in [3.63, 3.8) is 0 Å². The molecule has 2 aromatic carbocycles. The number of carbonyl (C=O) groups excluding carboxylic acids is 3. The van der Waals surface area contributed by atoms with Gasteiger partial charge in [0.25, 0.3) is 5.91 Å². The molecule has 0 aliphatic carbocycles. The summed E-state index contributed by atoms with van der Waals surface area (Å²) in [6, 6.07) is 13.4. The molecule has 0 saturated carbocycles. The largest absolute Gasteiger partial charge is 0.495 e. The van der Waals surface area contributed by atoms with Crippen molar-refractivity contribution >= 4 is 29.6 Å². The molecule has 8 heteroatoms. The number of amides is 4. The third kappa shape index (κ3) is 5.63. The molecule has 1 aliphatic heterocycles. The van der Waals surface area contributed by atoms with Gasteiger partial charge in [0.2, 0.25) is 5.91 Å². The van der Waals surface area contributed by atoms with E-state index in [0.29, 0.717) is 24.0 Å². The lowest BCUT2D eigenvalue weighted by Gasteiger charge is -2.13. The average molecular weight is 423 g/mol. The summed E-state index contributed by atoms with van der Waals surface area (Å²) in [5.74, 6) is 0.544. The van der Waals surface area contributed by atoms with Crippen molar-refractivity contribution in [2.75, 3.05) is 25.6 Å². The first-order chi connectivity index (χ1) is 14.9. The zero-order valence-electron chi connectivity index (χ0n) is 17.7.